The monoisotopic (exact) mass is 673 g/mol. The third-order valence-electron chi connectivity index (χ3n) is 8.83. The molecule has 1 aliphatic carbocycles. The first kappa shape index (κ1) is 34.8. The molecular formula is C39H45Cl2Zr. The van der Waals surface area contributed by atoms with E-state index in [1.165, 1.54) is 108 Å². The van der Waals surface area contributed by atoms with Gasteiger partial charge in [-0.15, -0.1) is 0 Å². The van der Waals surface area contributed by atoms with Crippen LogP contribution in [-0.4, -0.2) is 0 Å². The van der Waals surface area contributed by atoms with Gasteiger partial charge < -0.3 is 24.8 Å². The fourth-order valence-electron chi connectivity index (χ4n) is 7.24. The minimum absolute atomic E-state index is 0. The first-order chi connectivity index (χ1) is 18.5. The Kier molecular flexibility index (Phi) is 9.98. The first-order valence-corrected chi connectivity index (χ1v) is 16.0. The van der Waals surface area contributed by atoms with Crippen LogP contribution in [0.1, 0.15) is 97.2 Å². The largest absolute Gasteiger partial charge is 1.00 e. The average molecular weight is 676 g/mol. The Balaban J connectivity index is 0.00000242. The van der Waals surface area contributed by atoms with Crippen LogP contribution in [0.25, 0.3) is 33.4 Å². The van der Waals surface area contributed by atoms with Crippen molar-refractivity contribution >= 4 is 3.27 Å². The summed E-state index contributed by atoms with van der Waals surface area (Å²) in [4.78, 5) is 0. The van der Waals surface area contributed by atoms with Gasteiger partial charge in [0.2, 0.25) is 0 Å². The molecule has 0 radical (unpaired) electrons. The van der Waals surface area contributed by atoms with E-state index in [1.807, 2.05) is 0 Å². The molecule has 0 amide bonds. The third kappa shape index (κ3) is 6.01. The maximum absolute atomic E-state index is 2.57. The second-order valence-corrected chi connectivity index (χ2v) is 15.7. The van der Waals surface area contributed by atoms with Crippen LogP contribution >= 0.6 is 0 Å². The molecule has 0 nitrogen and oxygen atoms in total. The van der Waals surface area contributed by atoms with Gasteiger partial charge in [0.15, 0.2) is 0 Å². The second kappa shape index (κ2) is 12.0. The van der Waals surface area contributed by atoms with Crippen molar-refractivity contribution in [3.05, 3.63) is 98.1 Å². The van der Waals surface area contributed by atoms with Crippen molar-refractivity contribution < 1.29 is 49.5 Å². The van der Waals surface area contributed by atoms with Crippen LogP contribution in [0.15, 0.2) is 42.5 Å². The average Bonchev–Trinajstić information content (AvgIpc) is 3.15. The van der Waals surface area contributed by atoms with Gasteiger partial charge in [-0.25, -0.2) is 0 Å². The van der Waals surface area contributed by atoms with E-state index in [1.54, 1.807) is 8.83 Å². The molecule has 0 saturated carbocycles. The van der Waals surface area contributed by atoms with E-state index in [0.717, 1.165) is 6.42 Å². The van der Waals surface area contributed by atoms with Crippen LogP contribution < -0.4 is 28.1 Å². The summed E-state index contributed by atoms with van der Waals surface area (Å²) >= 11 is 1.51. The molecule has 3 heteroatoms. The molecular weight excluding hydrogens is 631 g/mol. The Morgan fingerprint density at radius 2 is 0.929 bits per heavy atom. The maximum atomic E-state index is 2.57. The summed E-state index contributed by atoms with van der Waals surface area (Å²) in [6.45, 7) is 27.9. The van der Waals surface area contributed by atoms with Crippen molar-refractivity contribution in [3.63, 3.8) is 0 Å². The third-order valence-corrected chi connectivity index (χ3v) is 10.2. The predicted molar refractivity (Wildman–Crippen MR) is 171 cm³/mol. The molecule has 0 unspecified atom stereocenters. The maximum Gasteiger partial charge on any atom is -1.00 e. The van der Waals surface area contributed by atoms with Crippen molar-refractivity contribution in [2.24, 2.45) is 0 Å². The van der Waals surface area contributed by atoms with Gasteiger partial charge in [0, 0.05) is 0 Å². The number of halogens is 2. The van der Waals surface area contributed by atoms with Crippen molar-refractivity contribution in [2.75, 3.05) is 0 Å². The van der Waals surface area contributed by atoms with Gasteiger partial charge in [0.05, 0.1) is 0 Å². The zero-order valence-electron chi connectivity index (χ0n) is 27.5. The van der Waals surface area contributed by atoms with Crippen LogP contribution in [0.4, 0.5) is 0 Å². The standard InChI is InChI=1S/C39H45.2ClH.Zr/c1-22-13-24(3)36(25(4)14-22)32-18-28-17-29-19-33(37-26(5)15-23(2)16-27(37)6)35(39(10,11)12)21-31(29)30(28)20-34(32)38(7,8)9;;;/h13-16,18,20-21H,17H2,1-12H3;2*1H;/q;;;+2/p-2. The molecule has 0 heterocycles. The first-order valence-electron chi connectivity index (χ1n) is 14.7. The molecule has 0 aromatic heterocycles. The summed E-state index contributed by atoms with van der Waals surface area (Å²) in [7, 11) is 0. The minimum Gasteiger partial charge on any atom is -1.00 e. The SMILES string of the molecule is Cc1cc(C)c(-c2cc3c(cc2C(C)(C)C)-c2cc(C(C)(C)C)c(-c4c(C)cc(C)cc4C)[c]([Zr+2])c2C3)c(C)c1.[Cl-].[Cl-]. The number of fused-ring (bicyclic) bond motifs is 3. The van der Waals surface area contributed by atoms with Crippen molar-refractivity contribution in [1.82, 2.24) is 0 Å². The van der Waals surface area contributed by atoms with Gasteiger partial charge >= 0.3 is 260 Å². The van der Waals surface area contributed by atoms with E-state index in [-0.39, 0.29) is 35.6 Å². The van der Waals surface area contributed by atoms with Gasteiger partial charge in [0.25, 0.3) is 0 Å². The molecule has 1 aliphatic rings. The van der Waals surface area contributed by atoms with E-state index in [2.05, 4.69) is 126 Å². The second-order valence-electron chi connectivity index (χ2n) is 14.5. The van der Waals surface area contributed by atoms with Crippen LogP contribution in [0.3, 0.4) is 0 Å². The number of aryl methyl sites for hydroxylation is 6. The van der Waals surface area contributed by atoms with Gasteiger partial charge in [-0.05, 0) is 0 Å². The molecule has 0 aliphatic heterocycles. The topological polar surface area (TPSA) is 0 Å². The smallest absolute Gasteiger partial charge is 1.00 e. The normalized spacial score (nSPS) is 12.4. The molecule has 0 atom stereocenters. The Morgan fingerprint density at radius 3 is 1.38 bits per heavy atom. The summed E-state index contributed by atoms with van der Waals surface area (Å²) in [5.74, 6) is 0. The van der Waals surface area contributed by atoms with Crippen LogP contribution in [-0.2, 0) is 42.0 Å². The van der Waals surface area contributed by atoms with E-state index < -0.39 is 0 Å². The molecule has 0 bridgehead atoms. The zero-order chi connectivity index (χ0) is 29.5. The van der Waals surface area contributed by atoms with Gasteiger partial charge in [-0.2, -0.15) is 0 Å². The van der Waals surface area contributed by atoms with E-state index in [4.69, 9.17) is 0 Å². The number of rotatable bonds is 2. The van der Waals surface area contributed by atoms with Gasteiger partial charge in [0.1, 0.15) is 0 Å². The van der Waals surface area contributed by atoms with Gasteiger partial charge in [-0.1, -0.05) is 0 Å². The molecule has 219 valence electrons. The molecule has 0 fully saturated rings. The Morgan fingerprint density at radius 1 is 0.500 bits per heavy atom. The minimum atomic E-state index is 0. The summed E-state index contributed by atoms with van der Waals surface area (Å²) in [5, 5.41) is 0. The predicted octanol–water partition coefficient (Wildman–Crippen LogP) is 4.22. The zero-order valence-corrected chi connectivity index (χ0v) is 31.5. The Hall–Kier alpha value is -1.66. The van der Waals surface area contributed by atoms with Crippen molar-refractivity contribution in [3.8, 4) is 33.4 Å². The van der Waals surface area contributed by atoms with Gasteiger partial charge in [-0.3, -0.25) is 0 Å². The fraction of sp³-hybridized carbons (Fsp3) is 0.385. The van der Waals surface area contributed by atoms with Crippen molar-refractivity contribution in [2.45, 2.75) is 100 Å². The molecule has 4 aromatic rings. The molecule has 4 aromatic carbocycles. The molecule has 0 N–H and O–H groups in total. The summed E-state index contributed by atoms with van der Waals surface area (Å²) in [6, 6.07) is 17.1. The molecule has 5 rings (SSSR count). The van der Waals surface area contributed by atoms with Crippen LogP contribution in [0, 0.1) is 41.5 Å². The van der Waals surface area contributed by atoms with Crippen LogP contribution in [0.2, 0.25) is 0 Å². The molecule has 0 spiro atoms. The Bertz CT molecular complexity index is 1650. The number of benzene rings is 4. The molecule has 0 saturated heterocycles. The summed E-state index contributed by atoms with van der Waals surface area (Å²) in [6.07, 6.45) is 1.02. The fourth-order valence-corrected chi connectivity index (χ4v) is 8.42. The van der Waals surface area contributed by atoms with E-state index in [0.29, 0.717) is 0 Å². The van der Waals surface area contributed by atoms with E-state index in [9.17, 15) is 0 Å². The Labute approximate surface area is 282 Å². The van der Waals surface area contributed by atoms with Crippen molar-refractivity contribution in [1.29, 1.82) is 0 Å². The number of hydrogen-bond acceptors (Lipinski definition) is 0. The molecule has 42 heavy (non-hydrogen) atoms. The quantitative estimate of drug-likeness (QED) is 0.263. The summed E-state index contributed by atoms with van der Waals surface area (Å²) < 4.78 is 1.54. The van der Waals surface area contributed by atoms with E-state index >= 15 is 0 Å². The number of hydrogen-bond donors (Lipinski definition) is 0. The summed E-state index contributed by atoms with van der Waals surface area (Å²) in [5.41, 5.74) is 23.0. The van der Waals surface area contributed by atoms with Crippen LogP contribution in [0.5, 0.6) is 0 Å².